The largest absolute Gasteiger partial charge is 0.497 e. The van der Waals surface area contributed by atoms with Crippen LogP contribution >= 0.6 is 11.6 Å². The van der Waals surface area contributed by atoms with E-state index in [0.717, 1.165) is 41.3 Å². The van der Waals surface area contributed by atoms with Gasteiger partial charge in [0.05, 0.1) is 37.0 Å². The van der Waals surface area contributed by atoms with Crippen LogP contribution in [0.15, 0.2) is 36.4 Å². The lowest BCUT2D eigenvalue weighted by Crippen LogP contribution is -3.11. The highest BCUT2D eigenvalue weighted by atomic mass is 35.5. The number of hydrogen-bond donors (Lipinski definition) is 2. The first-order valence-electron chi connectivity index (χ1n) is 8.83. The third-order valence-corrected chi connectivity index (χ3v) is 5.20. The maximum atomic E-state index is 13.2. The molecule has 1 unspecified atom stereocenters. The van der Waals surface area contributed by atoms with Crippen LogP contribution in [-0.4, -0.2) is 33.2 Å². The second-order valence-electron chi connectivity index (χ2n) is 6.56. The zero-order chi connectivity index (χ0) is 19.4. The number of hydrogen-bond acceptors (Lipinski definition) is 3. The average molecular weight is 394 g/mol. The molecule has 1 heterocycles. The van der Waals surface area contributed by atoms with E-state index >= 15 is 0 Å². The predicted molar refractivity (Wildman–Crippen MR) is 102 cm³/mol. The molecule has 3 rings (SSSR count). The van der Waals surface area contributed by atoms with E-state index < -0.39 is 5.82 Å². The zero-order valence-electron chi connectivity index (χ0n) is 15.4. The highest BCUT2D eigenvalue weighted by Gasteiger charge is 2.34. The monoisotopic (exact) mass is 393 g/mol. The molecule has 7 heteroatoms. The quantitative estimate of drug-likeness (QED) is 0.793. The first-order valence-corrected chi connectivity index (χ1v) is 9.21. The second kappa shape index (κ2) is 8.59. The van der Waals surface area contributed by atoms with Gasteiger partial charge in [0.15, 0.2) is 6.54 Å². The van der Waals surface area contributed by atoms with Crippen LogP contribution in [0.5, 0.6) is 11.5 Å². The highest BCUT2D eigenvalue weighted by molar-refractivity contribution is 6.33. The molecule has 0 aromatic heterocycles. The van der Waals surface area contributed by atoms with Gasteiger partial charge >= 0.3 is 0 Å². The van der Waals surface area contributed by atoms with Crippen molar-refractivity contribution in [3.05, 3.63) is 52.8 Å². The molecule has 27 heavy (non-hydrogen) atoms. The van der Waals surface area contributed by atoms with Crippen LogP contribution in [0, 0.1) is 5.82 Å². The molecule has 1 aliphatic heterocycles. The summed E-state index contributed by atoms with van der Waals surface area (Å²) in [5.41, 5.74) is 1.45. The fourth-order valence-corrected chi connectivity index (χ4v) is 3.82. The fourth-order valence-electron chi connectivity index (χ4n) is 3.60. The van der Waals surface area contributed by atoms with Crippen molar-refractivity contribution in [1.29, 1.82) is 0 Å². The summed E-state index contributed by atoms with van der Waals surface area (Å²) in [6.07, 6.45) is 1.98. The number of carbonyl (C=O) groups is 1. The Morgan fingerprint density at radius 1 is 1.26 bits per heavy atom. The van der Waals surface area contributed by atoms with Crippen LogP contribution < -0.4 is 19.7 Å². The van der Waals surface area contributed by atoms with Crippen molar-refractivity contribution in [3.8, 4) is 11.5 Å². The number of anilines is 1. The number of quaternary nitrogens is 1. The third kappa shape index (κ3) is 4.51. The molecule has 0 radical (unpaired) electrons. The van der Waals surface area contributed by atoms with Crippen molar-refractivity contribution in [2.75, 3.05) is 32.6 Å². The minimum Gasteiger partial charge on any atom is -0.497 e. The normalized spacial score (nSPS) is 19.0. The standard InChI is InChI=1S/C20H22ClFN2O3/c1-26-14-6-8-19(27-2)15(11-14)18-4-3-9-24(18)12-20(25)23-17-7-5-13(22)10-16(17)21/h5-8,10-11,18H,3-4,9,12H2,1-2H3,(H,23,25)/p+1/t18-/m1/s1. The number of nitrogens with one attached hydrogen (secondary N) is 2. The van der Waals surface area contributed by atoms with E-state index in [1.54, 1.807) is 14.2 Å². The Bertz CT molecular complexity index is 831. The van der Waals surface area contributed by atoms with E-state index in [-0.39, 0.29) is 17.0 Å². The van der Waals surface area contributed by atoms with Crippen molar-refractivity contribution < 1.29 is 23.6 Å². The van der Waals surface area contributed by atoms with Gasteiger partial charge < -0.3 is 19.7 Å². The molecular formula is C20H23ClFN2O3+. The Morgan fingerprint density at radius 3 is 2.78 bits per heavy atom. The molecule has 1 saturated heterocycles. The highest BCUT2D eigenvalue weighted by Crippen LogP contribution is 2.31. The number of rotatable bonds is 6. The van der Waals surface area contributed by atoms with Crippen LogP contribution in [0.25, 0.3) is 0 Å². The van der Waals surface area contributed by atoms with Gasteiger partial charge in [-0.15, -0.1) is 0 Å². The molecular weight excluding hydrogens is 371 g/mol. The van der Waals surface area contributed by atoms with Crippen LogP contribution in [0.2, 0.25) is 5.02 Å². The van der Waals surface area contributed by atoms with Crippen molar-refractivity contribution in [3.63, 3.8) is 0 Å². The second-order valence-corrected chi connectivity index (χ2v) is 6.97. The Morgan fingerprint density at radius 2 is 2.07 bits per heavy atom. The molecule has 0 saturated carbocycles. The molecule has 2 aromatic carbocycles. The molecule has 144 valence electrons. The first kappa shape index (κ1) is 19.5. The van der Waals surface area contributed by atoms with Gasteiger partial charge in [-0.05, 0) is 36.4 Å². The Labute approximate surface area is 163 Å². The number of carbonyl (C=O) groups excluding carboxylic acids is 1. The van der Waals surface area contributed by atoms with E-state index in [1.807, 2.05) is 18.2 Å². The average Bonchev–Trinajstić information content (AvgIpc) is 3.11. The zero-order valence-corrected chi connectivity index (χ0v) is 16.1. The summed E-state index contributed by atoms with van der Waals surface area (Å²) >= 11 is 6.00. The molecule has 0 spiro atoms. The summed E-state index contributed by atoms with van der Waals surface area (Å²) < 4.78 is 24.0. The third-order valence-electron chi connectivity index (χ3n) is 4.89. The van der Waals surface area contributed by atoms with E-state index in [2.05, 4.69) is 5.32 Å². The topological polar surface area (TPSA) is 52.0 Å². The van der Waals surface area contributed by atoms with Crippen LogP contribution in [0.1, 0.15) is 24.4 Å². The lowest BCUT2D eigenvalue weighted by Gasteiger charge is -2.23. The van der Waals surface area contributed by atoms with Gasteiger partial charge in [-0.2, -0.15) is 0 Å². The van der Waals surface area contributed by atoms with Crippen LogP contribution in [0.4, 0.5) is 10.1 Å². The number of halogens is 2. The van der Waals surface area contributed by atoms with Gasteiger partial charge in [0.2, 0.25) is 0 Å². The molecule has 1 amide bonds. The molecule has 1 fully saturated rings. The molecule has 2 N–H and O–H groups in total. The number of amides is 1. The van der Waals surface area contributed by atoms with Crippen molar-refractivity contribution in [1.82, 2.24) is 0 Å². The smallest absolute Gasteiger partial charge is 0.279 e. The Balaban J connectivity index is 1.74. The summed E-state index contributed by atoms with van der Waals surface area (Å²) in [4.78, 5) is 13.7. The molecule has 5 nitrogen and oxygen atoms in total. The van der Waals surface area contributed by atoms with Gasteiger partial charge in [-0.3, -0.25) is 4.79 Å². The number of ether oxygens (including phenoxy) is 2. The van der Waals surface area contributed by atoms with E-state index in [1.165, 1.54) is 18.2 Å². The summed E-state index contributed by atoms with van der Waals surface area (Å²) in [5, 5.41) is 2.96. The lowest BCUT2D eigenvalue weighted by molar-refractivity contribution is -0.910. The number of benzene rings is 2. The maximum Gasteiger partial charge on any atom is 0.279 e. The molecule has 2 atom stereocenters. The minimum atomic E-state index is -0.437. The molecule has 0 bridgehead atoms. The Hall–Kier alpha value is -2.31. The number of likely N-dealkylation sites (tertiary alicyclic amines) is 1. The lowest BCUT2D eigenvalue weighted by atomic mass is 10.0. The minimum absolute atomic E-state index is 0.143. The van der Waals surface area contributed by atoms with Crippen LogP contribution in [-0.2, 0) is 4.79 Å². The van der Waals surface area contributed by atoms with Gasteiger partial charge in [0.25, 0.3) is 5.91 Å². The number of methoxy groups -OCH3 is 2. The van der Waals surface area contributed by atoms with Gasteiger partial charge in [-0.1, -0.05) is 11.6 Å². The van der Waals surface area contributed by atoms with Gasteiger partial charge in [0, 0.05) is 12.8 Å². The van der Waals surface area contributed by atoms with Crippen LogP contribution in [0.3, 0.4) is 0 Å². The molecule has 1 aliphatic rings. The van der Waals surface area contributed by atoms with E-state index in [4.69, 9.17) is 21.1 Å². The molecule has 2 aromatic rings. The van der Waals surface area contributed by atoms with Crippen molar-refractivity contribution in [2.24, 2.45) is 0 Å². The summed E-state index contributed by atoms with van der Waals surface area (Å²) in [7, 11) is 3.27. The fraction of sp³-hybridized carbons (Fsp3) is 0.350. The van der Waals surface area contributed by atoms with E-state index in [9.17, 15) is 9.18 Å². The molecule has 0 aliphatic carbocycles. The SMILES string of the molecule is COc1ccc(OC)c([C@H]2CCC[NH+]2CC(=O)Nc2ccc(F)cc2Cl)c1. The first-order chi connectivity index (χ1) is 13.0. The van der Waals surface area contributed by atoms with Gasteiger partial charge in [-0.25, -0.2) is 4.39 Å². The van der Waals surface area contributed by atoms with Crippen molar-refractivity contribution >= 4 is 23.2 Å². The van der Waals surface area contributed by atoms with Gasteiger partial charge in [0.1, 0.15) is 23.4 Å². The summed E-state index contributed by atoms with van der Waals surface area (Å²) in [6.45, 7) is 1.17. The summed E-state index contributed by atoms with van der Waals surface area (Å²) in [6, 6.07) is 9.80. The van der Waals surface area contributed by atoms with Crippen molar-refractivity contribution in [2.45, 2.75) is 18.9 Å². The Kier molecular flexibility index (Phi) is 6.19. The maximum absolute atomic E-state index is 13.2. The predicted octanol–water partition coefficient (Wildman–Crippen LogP) is 2.85. The van der Waals surface area contributed by atoms with E-state index in [0.29, 0.717) is 12.2 Å². The summed E-state index contributed by atoms with van der Waals surface area (Å²) in [5.74, 6) is 0.961.